The van der Waals surface area contributed by atoms with Crippen LogP contribution in [0.2, 0.25) is 0 Å². The molecule has 3 heteroatoms. The van der Waals surface area contributed by atoms with Crippen molar-refractivity contribution >= 4 is 0 Å². The molecule has 3 nitrogen and oxygen atoms in total. The van der Waals surface area contributed by atoms with Crippen molar-refractivity contribution in [1.29, 1.82) is 5.26 Å². The fourth-order valence-electron chi connectivity index (χ4n) is 1.90. The smallest absolute Gasteiger partial charge is 0.308 e. The fourth-order valence-corrected chi connectivity index (χ4v) is 1.90. The van der Waals surface area contributed by atoms with E-state index in [1.165, 1.54) is 0 Å². The molecule has 2 unspecified atom stereocenters. The lowest BCUT2D eigenvalue weighted by Crippen LogP contribution is -2.26. The second-order valence-electron chi connectivity index (χ2n) is 3.82. The first-order chi connectivity index (χ1) is 6.53. The summed E-state index contributed by atoms with van der Waals surface area (Å²) in [5, 5.41) is 21.9. The predicted molar refractivity (Wildman–Crippen MR) is 55.3 cm³/mol. The Morgan fingerprint density at radius 3 is 2.71 bits per heavy atom. The average molecular weight is 188 g/mol. The highest BCUT2D eigenvalue weighted by Crippen LogP contribution is 2.38. The highest BCUT2D eigenvalue weighted by Gasteiger charge is 2.38. The number of nitriles is 1. The largest absolute Gasteiger partial charge is 0.498 e. The minimum absolute atomic E-state index is 0.325. The first-order valence-electron chi connectivity index (χ1n) is 4.40. The minimum atomic E-state index is -0.698. The summed E-state index contributed by atoms with van der Waals surface area (Å²) < 4.78 is 0. The van der Waals surface area contributed by atoms with Crippen molar-refractivity contribution in [2.75, 3.05) is 0 Å². The zero-order chi connectivity index (χ0) is 10.8. The number of hydrogen-bond donors (Lipinski definition) is 0. The van der Waals surface area contributed by atoms with Gasteiger partial charge in [-0.15, -0.1) is 0 Å². The summed E-state index contributed by atoms with van der Waals surface area (Å²) in [6.45, 7) is 5.61. The Hall–Kier alpha value is -1.74. The molecule has 0 N–H and O–H groups in total. The van der Waals surface area contributed by atoms with Crippen LogP contribution in [-0.4, -0.2) is 0 Å². The molecule has 0 aromatic heterocycles. The second kappa shape index (κ2) is 3.55. The molecule has 0 spiro atoms. The first kappa shape index (κ1) is 10.3. The fraction of sp³-hybridized carbons (Fsp3) is 0.455. The van der Waals surface area contributed by atoms with E-state index in [9.17, 15) is 5.21 Å². The van der Waals surface area contributed by atoms with Crippen LogP contribution in [0.4, 0.5) is 0 Å². The molecular formula is C11H12N2O. The molecule has 2 atom stereocenters. The molecule has 0 amide bonds. The van der Waals surface area contributed by atoms with E-state index >= 15 is 0 Å². The number of hydrogen-bond acceptors (Lipinski definition) is 2. The van der Waals surface area contributed by atoms with Crippen molar-refractivity contribution in [3.8, 4) is 12.1 Å². The van der Waals surface area contributed by atoms with Gasteiger partial charge in [-0.2, -0.15) is 5.26 Å². The van der Waals surface area contributed by atoms with Crippen LogP contribution in [0.25, 0.3) is 5.01 Å². The van der Waals surface area contributed by atoms with Crippen molar-refractivity contribution in [2.45, 2.75) is 20.8 Å². The molecule has 0 saturated carbocycles. The molecular weight excluding hydrogens is 176 g/mol. The molecule has 0 saturated heterocycles. The van der Waals surface area contributed by atoms with Crippen LogP contribution >= 0.6 is 0 Å². The molecule has 0 bridgehead atoms. The molecule has 14 heavy (non-hydrogen) atoms. The lowest BCUT2D eigenvalue weighted by molar-refractivity contribution is 0.459. The number of nitrogens with zero attached hydrogens (tertiary/aromatic N) is 2. The molecule has 0 aromatic carbocycles. The molecule has 1 aliphatic rings. The summed E-state index contributed by atoms with van der Waals surface area (Å²) >= 11 is 0. The first-order valence-corrected chi connectivity index (χ1v) is 4.40. The Morgan fingerprint density at radius 1 is 1.57 bits per heavy atom. The van der Waals surface area contributed by atoms with Crippen LogP contribution in [-0.2, 0) is 0 Å². The maximum atomic E-state index is 10.2. The summed E-state index contributed by atoms with van der Waals surface area (Å²) in [6.07, 6.45) is 3.80. The van der Waals surface area contributed by atoms with Gasteiger partial charge in [0.15, 0.2) is 0 Å². The van der Waals surface area contributed by atoms with E-state index in [1.54, 1.807) is 6.92 Å². The Labute approximate surface area is 83.7 Å². The monoisotopic (exact) mass is 188 g/mol. The molecule has 0 heterocycles. The normalized spacial score (nSPS) is 30.6. The van der Waals surface area contributed by atoms with Crippen molar-refractivity contribution in [3.05, 3.63) is 33.5 Å². The average Bonchev–Trinajstić information content (AvgIpc) is 2.11. The van der Waals surface area contributed by atoms with Crippen LogP contribution in [0.5, 0.6) is 0 Å². The maximum absolute atomic E-state index is 10.2. The minimum Gasteiger partial charge on any atom is -0.498 e. The van der Waals surface area contributed by atoms with Crippen LogP contribution in [0.1, 0.15) is 20.8 Å². The van der Waals surface area contributed by atoms with Crippen molar-refractivity contribution in [3.63, 3.8) is 0 Å². The summed E-state index contributed by atoms with van der Waals surface area (Å²) in [5.74, 6) is -0.325. The van der Waals surface area contributed by atoms with E-state index in [0.29, 0.717) is 0 Å². The summed E-state index contributed by atoms with van der Waals surface area (Å²) in [4.78, 5) is 0. The third kappa shape index (κ3) is 1.63. The SMILES string of the molecule is CC1=CC(C)(C#N)C(C#[N+][O-])C(C)=C1. The Morgan fingerprint density at radius 2 is 2.21 bits per heavy atom. The second-order valence-corrected chi connectivity index (χ2v) is 3.82. The van der Waals surface area contributed by atoms with E-state index in [-0.39, 0.29) is 5.92 Å². The van der Waals surface area contributed by atoms with Crippen molar-refractivity contribution < 1.29 is 0 Å². The van der Waals surface area contributed by atoms with Crippen LogP contribution in [0, 0.1) is 33.9 Å². The van der Waals surface area contributed by atoms with Gasteiger partial charge in [0.25, 0.3) is 0 Å². The molecule has 1 aliphatic carbocycles. The van der Waals surface area contributed by atoms with Gasteiger partial charge < -0.3 is 5.21 Å². The van der Waals surface area contributed by atoms with Gasteiger partial charge in [0.2, 0.25) is 0 Å². The molecule has 0 aromatic rings. The van der Waals surface area contributed by atoms with E-state index in [4.69, 9.17) is 5.26 Å². The van der Waals surface area contributed by atoms with E-state index in [0.717, 1.165) is 11.1 Å². The van der Waals surface area contributed by atoms with Crippen molar-refractivity contribution in [1.82, 2.24) is 0 Å². The molecule has 0 aliphatic heterocycles. The van der Waals surface area contributed by atoms with Gasteiger partial charge in [-0.25, -0.2) is 0 Å². The van der Waals surface area contributed by atoms with Crippen molar-refractivity contribution in [2.24, 2.45) is 11.3 Å². The third-order valence-electron chi connectivity index (χ3n) is 2.46. The maximum Gasteiger partial charge on any atom is 0.308 e. The van der Waals surface area contributed by atoms with Gasteiger partial charge in [-0.1, -0.05) is 17.7 Å². The van der Waals surface area contributed by atoms with Crippen LogP contribution in [0.15, 0.2) is 23.3 Å². The molecule has 1 rings (SSSR count). The van der Waals surface area contributed by atoms with E-state index in [1.807, 2.05) is 26.0 Å². The zero-order valence-corrected chi connectivity index (χ0v) is 8.53. The van der Waals surface area contributed by atoms with Gasteiger partial charge in [-0.3, -0.25) is 0 Å². The van der Waals surface area contributed by atoms with Gasteiger partial charge >= 0.3 is 6.07 Å². The van der Waals surface area contributed by atoms with E-state index in [2.05, 4.69) is 17.1 Å². The standard InChI is InChI=1S/C11H12N2O/c1-8-4-9(2)10(6-13-14)11(3,5-8)7-12/h4-5,10H,1-3H3. The van der Waals surface area contributed by atoms with Crippen LogP contribution < -0.4 is 0 Å². The summed E-state index contributed by atoms with van der Waals surface area (Å²) in [5.41, 5.74) is 1.29. The predicted octanol–water partition coefficient (Wildman–Crippen LogP) is 2.87. The van der Waals surface area contributed by atoms with Gasteiger partial charge in [0, 0.05) is 5.01 Å². The number of allylic oxidation sites excluding steroid dienone is 4. The number of rotatable bonds is 0. The lowest BCUT2D eigenvalue weighted by atomic mass is 9.71. The summed E-state index contributed by atoms with van der Waals surface area (Å²) in [6, 6.07) is 4.63. The van der Waals surface area contributed by atoms with Crippen LogP contribution in [0.3, 0.4) is 0 Å². The topological polar surface area (TPSA) is 51.2 Å². The molecule has 0 radical (unpaired) electrons. The Balaban J connectivity index is 3.22. The molecule has 0 fully saturated rings. The quantitative estimate of drug-likeness (QED) is 0.549. The highest BCUT2D eigenvalue weighted by molar-refractivity contribution is 5.40. The summed E-state index contributed by atoms with van der Waals surface area (Å²) in [7, 11) is 0. The molecule has 72 valence electrons. The lowest BCUT2D eigenvalue weighted by Gasteiger charge is -2.26. The van der Waals surface area contributed by atoms with Gasteiger partial charge in [0.05, 0.1) is 11.5 Å². The van der Waals surface area contributed by atoms with E-state index < -0.39 is 5.41 Å². The highest BCUT2D eigenvalue weighted by atomic mass is 16.4. The Kier molecular flexibility index (Phi) is 2.63. The Bertz CT molecular complexity index is 403. The van der Waals surface area contributed by atoms with Gasteiger partial charge in [0.1, 0.15) is 5.92 Å². The van der Waals surface area contributed by atoms with Gasteiger partial charge in [-0.05, 0) is 26.3 Å². The zero-order valence-electron chi connectivity index (χ0n) is 8.53. The third-order valence-corrected chi connectivity index (χ3v) is 2.46.